The van der Waals surface area contributed by atoms with Crippen molar-refractivity contribution in [2.75, 3.05) is 6.61 Å². The van der Waals surface area contributed by atoms with Crippen molar-refractivity contribution in [1.29, 1.82) is 0 Å². The molecule has 0 aliphatic heterocycles. The van der Waals surface area contributed by atoms with E-state index in [1.165, 1.54) is 13.8 Å². The predicted octanol–water partition coefficient (Wildman–Crippen LogP) is 3.92. The largest absolute Gasteiger partial charge is 0.459 e. The molecule has 0 aromatic heterocycles. The van der Waals surface area contributed by atoms with Crippen LogP contribution in [0.1, 0.15) is 47.5 Å². The van der Waals surface area contributed by atoms with Crippen LogP contribution in [-0.4, -0.2) is 46.2 Å². The molecular formula is C16H25Cl3O4. The molecule has 0 N–H and O–H groups in total. The fourth-order valence-electron chi connectivity index (χ4n) is 2.25. The van der Waals surface area contributed by atoms with Crippen LogP contribution < -0.4 is 0 Å². The monoisotopic (exact) mass is 386 g/mol. The SMILES string of the molecule is CC(=O)C(C)(COC1C(Cl)CC(Cl)CC1Cl)C(=O)OC(C)(C)C. The minimum atomic E-state index is -1.39. The molecule has 1 saturated carbocycles. The first-order valence-corrected chi connectivity index (χ1v) is 8.96. The van der Waals surface area contributed by atoms with E-state index in [9.17, 15) is 9.59 Å². The average molecular weight is 388 g/mol. The van der Waals surface area contributed by atoms with Crippen molar-refractivity contribution in [2.45, 2.75) is 75.3 Å². The average Bonchev–Trinajstić information content (AvgIpc) is 2.34. The number of hydrogen-bond acceptors (Lipinski definition) is 4. The number of carbonyl (C=O) groups is 2. The van der Waals surface area contributed by atoms with E-state index in [0.717, 1.165) is 0 Å². The Labute approximate surface area is 153 Å². The number of rotatable bonds is 5. The number of carbonyl (C=O) groups excluding carboxylic acids is 2. The van der Waals surface area contributed by atoms with Crippen molar-refractivity contribution in [3.8, 4) is 0 Å². The summed E-state index contributed by atoms with van der Waals surface area (Å²) >= 11 is 18.6. The summed E-state index contributed by atoms with van der Waals surface area (Å²) in [5.74, 6) is -0.934. The maximum atomic E-state index is 12.4. The third-order valence-corrected chi connectivity index (χ3v) is 5.08. The smallest absolute Gasteiger partial charge is 0.322 e. The third kappa shape index (κ3) is 5.77. The molecule has 3 atom stereocenters. The molecule has 0 bridgehead atoms. The molecule has 1 fully saturated rings. The Balaban J connectivity index is 2.80. The van der Waals surface area contributed by atoms with Gasteiger partial charge in [-0.1, -0.05) is 0 Å². The van der Waals surface area contributed by atoms with Crippen molar-refractivity contribution in [2.24, 2.45) is 5.41 Å². The number of hydrogen-bond donors (Lipinski definition) is 0. The molecule has 0 radical (unpaired) electrons. The van der Waals surface area contributed by atoms with Crippen LogP contribution in [0.3, 0.4) is 0 Å². The molecule has 1 aliphatic carbocycles. The molecule has 134 valence electrons. The molecule has 23 heavy (non-hydrogen) atoms. The number of ketones is 1. The summed E-state index contributed by atoms with van der Waals surface area (Å²) in [6.07, 6.45) is 0.676. The molecule has 0 aromatic carbocycles. The fraction of sp³-hybridized carbons (Fsp3) is 0.875. The molecule has 0 amide bonds. The highest BCUT2D eigenvalue weighted by molar-refractivity contribution is 6.27. The lowest BCUT2D eigenvalue weighted by molar-refractivity contribution is -0.174. The number of Topliss-reactive ketones (excluding diaryl/α,β-unsaturated/α-hetero) is 1. The van der Waals surface area contributed by atoms with Gasteiger partial charge in [0.05, 0.1) is 23.5 Å². The zero-order valence-corrected chi connectivity index (χ0v) is 16.5. The third-order valence-electron chi connectivity index (χ3n) is 3.87. The molecule has 3 unspecified atom stereocenters. The number of alkyl halides is 3. The van der Waals surface area contributed by atoms with Gasteiger partial charge in [0, 0.05) is 5.38 Å². The van der Waals surface area contributed by atoms with Gasteiger partial charge in [-0.2, -0.15) is 0 Å². The highest BCUT2D eigenvalue weighted by atomic mass is 35.5. The van der Waals surface area contributed by atoms with Crippen molar-refractivity contribution in [1.82, 2.24) is 0 Å². The van der Waals surface area contributed by atoms with Crippen LogP contribution in [0.15, 0.2) is 0 Å². The van der Waals surface area contributed by atoms with Gasteiger partial charge in [-0.15, -0.1) is 34.8 Å². The summed E-state index contributed by atoms with van der Waals surface area (Å²) in [6.45, 7) is 7.98. The van der Waals surface area contributed by atoms with Gasteiger partial charge in [-0.05, 0) is 47.5 Å². The molecule has 0 aromatic rings. The molecule has 1 rings (SSSR count). The molecule has 0 saturated heterocycles. The van der Waals surface area contributed by atoms with Crippen molar-refractivity contribution in [3.63, 3.8) is 0 Å². The highest BCUT2D eigenvalue weighted by Gasteiger charge is 2.44. The summed E-state index contributed by atoms with van der Waals surface area (Å²) in [5, 5.41) is -0.808. The molecule has 7 heteroatoms. The number of halogens is 3. The van der Waals surface area contributed by atoms with Crippen molar-refractivity contribution < 1.29 is 19.1 Å². The molecular weight excluding hydrogens is 363 g/mol. The van der Waals surface area contributed by atoms with Crippen LogP contribution in [-0.2, 0) is 19.1 Å². The van der Waals surface area contributed by atoms with Crippen LogP contribution >= 0.6 is 34.8 Å². The summed E-state index contributed by atoms with van der Waals surface area (Å²) in [5.41, 5.74) is -2.08. The van der Waals surface area contributed by atoms with Gasteiger partial charge in [0.2, 0.25) is 0 Å². The van der Waals surface area contributed by atoms with Gasteiger partial charge in [0.15, 0.2) is 0 Å². The van der Waals surface area contributed by atoms with E-state index in [1.807, 2.05) is 0 Å². The summed E-state index contributed by atoms with van der Waals surface area (Å²) in [7, 11) is 0. The standard InChI is InChI=1S/C16H25Cl3O4/c1-9(20)16(5,14(21)23-15(2,3)4)8-22-13-11(18)6-10(17)7-12(13)19/h10-13H,6-8H2,1-5H3. The van der Waals surface area contributed by atoms with Crippen molar-refractivity contribution in [3.05, 3.63) is 0 Å². The van der Waals surface area contributed by atoms with Crippen LogP contribution in [0.4, 0.5) is 0 Å². The Bertz CT molecular complexity index is 437. The van der Waals surface area contributed by atoms with E-state index < -0.39 is 23.1 Å². The van der Waals surface area contributed by atoms with Crippen molar-refractivity contribution >= 4 is 46.6 Å². The molecule has 0 heterocycles. The minimum Gasteiger partial charge on any atom is -0.459 e. The van der Waals surface area contributed by atoms with Gasteiger partial charge in [0.25, 0.3) is 0 Å². The Morgan fingerprint density at radius 1 is 1.04 bits per heavy atom. The summed E-state index contributed by atoms with van der Waals surface area (Å²) < 4.78 is 11.1. The van der Waals surface area contributed by atoms with E-state index in [2.05, 4.69) is 0 Å². The first kappa shape index (κ1) is 21.0. The molecule has 1 aliphatic rings. The van der Waals surface area contributed by atoms with Gasteiger partial charge >= 0.3 is 5.97 Å². The summed E-state index contributed by atoms with van der Waals surface area (Å²) in [6, 6.07) is 0. The second-order valence-electron chi connectivity index (χ2n) is 7.27. The van der Waals surface area contributed by atoms with E-state index in [1.54, 1.807) is 20.8 Å². The fourth-order valence-corrected chi connectivity index (χ4v) is 3.81. The quantitative estimate of drug-likeness (QED) is 0.407. The van der Waals surface area contributed by atoms with Gasteiger partial charge < -0.3 is 9.47 Å². The Morgan fingerprint density at radius 2 is 1.52 bits per heavy atom. The molecule has 4 nitrogen and oxygen atoms in total. The van der Waals surface area contributed by atoms with Gasteiger partial charge in [-0.3, -0.25) is 9.59 Å². The topological polar surface area (TPSA) is 52.6 Å². The first-order valence-electron chi connectivity index (χ1n) is 7.65. The highest BCUT2D eigenvalue weighted by Crippen LogP contribution is 2.34. The van der Waals surface area contributed by atoms with E-state index in [-0.39, 0.29) is 28.5 Å². The van der Waals surface area contributed by atoms with Gasteiger partial charge in [0.1, 0.15) is 16.8 Å². The first-order chi connectivity index (χ1) is 10.4. The minimum absolute atomic E-state index is 0.0927. The normalized spacial score (nSPS) is 31.3. The maximum absolute atomic E-state index is 12.4. The Morgan fingerprint density at radius 3 is 1.91 bits per heavy atom. The lowest BCUT2D eigenvalue weighted by Gasteiger charge is -2.36. The zero-order valence-electron chi connectivity index (χ0n) is 14.2. The summed E-state index contributed by atoms with van der Waals surface area (Å²) in [4.78, 5) is 24.4. The van der Waals surface area contributed by atoms with Crippen LogP contribution in [0.25, 0.3) is 0 Å². The second-order valence-corrected chi connectivity index (χ2v) is 9.00. The molecule has 0 spiro atoms. The second kappa shape index (κ2) is 7.90. The Kier molecular flexibility index (Phi) is 7.22. The van der Waals surface area contributed by atoms with Crippen LogP contribution in [0, 0.1) is 5.41 Å². The van der Waals surface area contributed by atoms with E-state index in [0.29, 0.717) is 12.8 Å². The van der Waals surface area contributed by atoms with E-state index in [4.69, 9.17) is 44.3 Å². The number of ether oxygens (including phenoxy) is 2. The van der Waals surface area contributed by atoms with Gasteiger partial charge in [-0.25, -0.2) is 0 Å². The zero-order chi connectivity index (χ0) is 18.0. The number of esters is 1. The van der Waals surface area contributed by atoms with Crippen LogP contribution in [0.5, 0.6) is 0 Å². The predicted molar refractivity (Wildman–Crippen MR) is 92.5 cm³/mol. The maximum Gasteiger partial charge on any atom is 0.322 e. The Hall–Kier alpha value is -0.0300. The lowest BCUT2D eigenvalue weighted by atomic mass is 9.86. The lowest BCUT2D eigenvalue weighted by Crippen LogP contribution is -2.48. The van der Waals surface area contributed by atoms with Crippen LogP contribution in [0.2, 0.25) is 0 Å². The van der Waals surface area contributed by atoms with E-state index >= 15 is 0 Å².